The molecule has 3 heteroatoms. The zero-order valence-electron chi connectivity index (χ0n) is 7.14. The Kier molecular flexibility index (Phi) is 7.15. The van der Waals surface area contributed by atoms with Crippen molar-refractivity contribution in [2.75, 3.05) is 0 Å². The zero-order valence-corrected chi connectivity index (χ0v) is 12.0. The van der Waals surface area contributed by atoms with Crippen LogP contribution < -0.4 is 0 Å². The van der Waals surface area contributed by atoms with Crippen LogP contribution >= 0.6 is 34.0 Å². The van der Waals surface area contributed by atoms with Crippen molar-refractivity contribution in [1.29, 1.82) is 0 Å². The molecule has 0 bridgehead atoms. The first-order valence-electron chi connectivity index (χ1n) is 3.88. The van der Waals surface area contributed by atoms with Crippen LogP contribution in [0.3, 0.4) is 0 Å². The Morgan fingerprint density at radius 2 is 1.31 bits per heavy atom. The first-order valence-corrected chi connectivity index (χ1v) is 5.28. The standard InChI is InChI=1S/2C5H5.2BrH.V/c2*1-2-4-5-3-1;;;/h2*1-3H,4H2;2*1H;. The number of halogens is 2. The summed E-state index contributed by atoms with van der Waals surface area (Å²) in [5.74, 6) is 0. The van der Waals surface area contributed by atoms with E-state index in [4.69, 9.17) is 0 Å². The fourth-order valence-electron chi connectivity index (χ4n) is 1.22. The van der Waals surface area contributed by atoms with E-state index in [1.54, 1.807) is 8.57 Å². The van der Waals surface area contributed by atoms with Gasteiger partial charge in [-0.05, 0) is 0 Å². The number of hydrogen-bond acceptors (Lipinski definition) is 0. The van der Waals surface area contributed by atoms with Gasteiger partial charge in [0.2, 0.25) is 0 Å². The van der Waals surface area contributed by atoms with Gasteiger partial charge in [0.05, 0.1) is 0 Å². The molecule has 71 valence electrons. The fraction of sp³-hybridized carbons (Fsp3) is 0.200. The van der Waals surface area contributed by atoms with Gasteiger partial charge in [-0.25, -0.2) is 0 Å². The summed E-state index contributed by atoms with van der Waals surface area (Å²) in [5, 5.41) is 0. The molecule has 0 unspecified atom stereocenters. The van der Waals surface area contributed by atoms with Crippen LogP contribution in [0, 0.1) is 0 Å². The van der Waals surface area contributed by atoms with Gasteiger partial charge in [0.15, 0.2) is 0 Å². The number of rotatable bonds is 2. The Morgan fingerprint density at radius 1 is 0.846 bits per heavy atom. The van der Waals surface area contributed by atoms with Gasteiger partial charge in [0, 0.05) is 0 Å². The molecule has 0 heterocycles. The molecule has 2 rings (SSSR count). The summed E-state index contributed by atoms with van der Waals surface area (Å²) in [7, 11) is 0. The summed E-state index contributed by atoms with van der Waals surface area (Å²) >= 11 is 0.358. The SMILES string of the molecule is Br.Br.C1=CC[C]([V][C]2=CC=CC2)=C1. The maximum absolute atomic E-state index is 2.28. The van der Waals surface area contributed by atoms with Crippen molar-refractivity contribution in [3.8, 4) is 0 Å². The van der Waals surface area contributed by atoms with Gasteiger partial charge >= 0.3 is 74.2 Å². The summed E-state index contributed by atoms with van der Waals surface area (Å²) in [4.78, 5) is 0. The molecule has 0 nitrogen and oxygen atoms in total. The monoisotopic (exact) mass is 341 g/mol. The first-order chi connectivity index (χ1) is 5.45. The molecule has 13 heavy (non-hydrogen) atoms. The molecule has 0 aromatic carbocycles. The fourth-order valence-corrected chi connectivity index (χ4v) is 2.91. The van der Waals surface area contributed by atoms with E-state index in [0.29, 0.717) is 16.3 Å². The second kappa shape index (κ2) is 6.88. The van der Waals surface area contributed by atoms with Crippen molar-refractivity contribution in [3.05, 3.63) is 45.0 Å². The van der Waals surface area contributed by atoms with Gasteiger partial charge in [0.25, 0.3) is 0 Å². The normalized spacial score (nSPS) is 17.2. The molecule has 0 saturated heterocycles. The third kappa shape index (κ3) is 4.03. The molecule has 2 aliphatic carbocycles. The molecule has 2 aliphatic rings. The molecule has 0 N–H and O–H groups in total. The van der Waals surface area contributed by atoms with Gasteiger partial charge in [-0.1, -0.05) is 0 Å². The van der Waals surface area contributed by atoms with Crippen LogP contribution in [0.5, 0.6) is 0 Å². The van der Waals surface area contributed by atoms with Crippen LogP contribution in [0.25, 0.3) is 0 Å². The van der Waals surface area contributed by atoms with Crippen LogP contribution in [-0.4, -0.2) is 0 Å². The Morgan fingerprint density at radius 3 is 1.62 bits per heavy atom. The summed E-state index contributed by atoms with van der Waals surface area (Å²) in [5.41, 5.74) is 0. The summed E-state index contributed by atoms with van der Waals surface area (Å²) in [6.45, 7) is 0. The van der Waals surface area contributed by atoms with Gasteiger partial charge in [-0.2, -0.15) is 0 Å². The second-order valence-electron chi connectivity index (χ2n) is 2.69. The van der Waals surface area contributed by atoms with Gasteiger partial charge in [-0.15, -0.1) is 34.0 Å². The topological polar surface area (TPSA) is 0 Å². The zero-order chi connectivity index (χ0) is 7.52. The van der Waals surface area contributed by atoms with Crippen molar-refractivity contribution < 1.29 is 16.3 Å². The molecule has 0 amide bonds. The van der Waals surface area contributed by atoms with Crippen molar-refractivity contribution in [2.45, 2.75) is 12.8 Å². The quantitative estimate of drug-likeness (QED) is 0.713. The second-order valence-corrected chi connectivity index (χ2v) is 4.84. The van der Waals surface area contributed by atoms with Gasteiger partial charge in [0.1, 0.15) is 0 Å². The minimum atomic E-state index is 0. The third-order valence-corrected chi connectivity index (χ3v) is 3.72. The van der Waals surface area contributed by atoms with Crippen LogP contribution in [0.1, 0.15) is 12.8 Å². The first kappa shape index (κ1) is 13.5. The Balaban J connectivity index is 0.000000720. The van der Waals surface area contributed by atoms with Crippen LogP contribution in [0.15, 0.2) is 45.0 Å². The molecule has 0 saturated carbocycles. The summed E-state index contributed by atoms with van der Waals surface area (Å²) in [6, 6.07) is 0. The van der Waals surface area contributed by atoms with Gasteiger partial charge < -0.3 is 0 Å². The molecule has 0 radical (unpaired) electrons. The van der Waals surface area contributed by atoms with Crippen molar-refractivity contribution in [2.24, 2.45) is 0 Å². The summed E-state index contributed by atoms with van der Waals surface area (Å²) < 4.78 is 3.30. The average Bonchev–Trinajstić information content (AvgIpc) is 2.60. The van der Waals surface area contributed by atoms with E-state index < -0.39 is 0 Å². The minimum absolute atomic E-state index is 0. The molecule has 0 aliphatic heterocycles. The molecule has 0 spiro atoms. The van der Waals surface area contributed by atoms with Crippen molar-refractivity contribution >= 4 is 34.0 Å². The van der Waals surface area contributed by atoms with Gasteiger partial charge in [-0.3, -0.25) is 0 Å². The van der Waals surface area contributed by atoms with E-state index in [-0.39, 0.29) is 34.0 Å². The molecule has 0 fully saturated rings. The Bertz CT molecular complexity index is 247. The molecular formula is C10H12Br2V. The average molecular weight is 343 g/mol. The maximum atomic E-state index is 2.28. The Labute approximate surface area is 107 Å². The number of hydrogen-bond donors (Lipinski definition) is 0. The number of allylic oxidation sites excluding steroid dienone is 8. The molecular weight excluding hydrogens is 331 g/mol. The van der Waals surface area contributed by atoms with Crippen molar-refractivity contribution in [1.82, 2.24) is 0 Å². The van der Waals surface area contributed by atoms with E-state index in [9.17, 15) is 0 Å². The van der Waals surface area contributed by atoms with Crippen LogP contribution in [0.2, 0.25) is 0 Å². The molecule has 0 atom stereocenters. The summed E-state index contributed by atoms with van der Waals surface area (Å²) in [6.07, 6.45) is 15.8. The van der Waals surface area contributed by atoms with Crippen molar-refractivity contribution in [3.63, 3.8) is 0 Å². The third-order valence-electron chi connectivity index (χ3n) is 1.79. The molecule has 0 aromatic rings. The van der Waals surface area contributed by atoms with Crippen LogP contribution in [-0.2, 0) is 16.3 Å². The van der Waals surface area contributed by atoms with E-state index in [0.717, 1.165) is 0 Å². The Hall–Kier alpha value is 0.504. The van der Waals surface area contributed by atoms with E-state index in [2.05, 4.69) is 36.5 Å². The van der Waals surface area contributed by atoms with E-state index >= 15 is 0 Å². The molecule has 0 aromatic heterocycles. The van der Waals surface area contributed by atoms with E-state index in [1.807, 2.05) is 0 Å². The van der Waals surface area contributed by atoms with Crippen LogP contribution in [0.4, 0.5) is 0 Å². The van der Waals surface area contributed by atoms with E-state index in [1.165, 1.54) is 12.8 Å². The predicted octanol–water partition coefficient (Wildman–Crippen LogP) is 3.91. The predicted molar refractivity (Wildman–Crippen MR) is 64.3 cm³/mol.